The van der Waals surface area contributed by atoms with Crippen LogP contribution in [0.25, 0.3) is 0 Å². The van der Waals surface area contributed by atoms with Crippen molar-refractivity contribution in [1.29, 1.82) is 0 Å². The summed E-state index contributed by atoms with van der Waals surface area (Å²) in [6.45, 7) is 3.90. The van der Waals surface area contributed by atoms with E-state index in [9.17, 15) is 19.5 Å². The number of carbonyl (C=O) groups is 3. The van der Waals surface area contributed by atoms with Crippen molar-refractivity contribution in [2.45, 2.75) is 44.8 Å². The maximum Gasteiger partial charge on any atom is 0.327 e. The monoisotopic (exact) mass is 498 g/mol. The second-order valence-corrected chi connectivity index (χ2v) is 8.88. The van der Waals surface area contributed by atoms with Crippen LogP contribution < -0.4 is 19.5 Å². The van der Waals surface area contributed by atoms with Crippen molar-refractivity contribution in [1.82, 2.24) is 10.2 Å². The Morgan fingerprint density at radius 2 is 1.82 bits per heavy atom. The molecule has 11 heteroatoms. The number of carboxylic acid groups (broad SMARTS) is 1. The van der Waals surface area contributed by atoms with Crippen molar-refractivity contribution in [2.24, 2.45) is 0 Å². The highest BCUT2D eigenvalue weighted by molar-refractivity contribution is 7.99. The van der Waals surface area contributed by atoms with E-state index in [4.69, 9.17) is 18.9 Å². The molecule has 1 amide bonds. The van der Waals surface area contributed by atoms with Gasteiger partial charge in [0.2, 0.25) is 11.7 Å². The van der Waals surface area contributed by atoms with E-state index in [0.717, 1.165) is 5.56 Å². The standard InChI is InChI=1S/C23H34N2O8S/c1-6-33-23(29)16(8-7-15-11-18(30-3)20(32-5)19(12-15)31-4)24-14(2)21(26)25-9-10-34-13-17(25)22(27)28/h11-12,14,16-17,24H,6-10,13H2,1-5H3,(H,27,28). The number of amides is 1. The fourth-order valence-corrected chi connectivity index (χ4v) is 4.83. The van der Waals surface area contributed by atoms with Crippen LogP contribution in [0.2, 0.25) is 0 Å². The van der Waals surface area contributed by atoms with Gasteiger partial charge in [-0.2, -0.15) is 11.8 Å². The number of esters is 1. The van der Waals surface area contributed by atoms with Gasteiger partial charge in [-0.15, -0.1) is 0 Å². The van der Waals surface area contributed by atoms with Gasteiger partial charge in [-0.1, -0.05) is 0 Å². The minimum atomic E-state index is -1.03. The second kappa shape index (κ2) is 13.3. The molecule has 190 valence electrons. The molecule has 0 bridgehead atoms. The molecule has 2 rings (SSSR count). The minimum Gasteiger partial charge on any atom is -0.493 e. The first-order valence-electron chi connectivity index (χ1n) is 11.1. The van der Waals surface area contributed by atoms with Crippen LogP contribution in [-0.4, -0.2) is 92.0 Å². The first-order chi connectivity index (χ1) is 16.3. The van der Waals surface area contributed by atoms with E-state index in [1.54, 1.807) is 26.0 Å². The molecule has 0 spiro atoms. The van der Waals surface area contributed by atoms with Crippen LogP contribution >= 0.6 is 11.8 Å². The maximum absolute atomic E-state index is 13.0. The summed E-state index contributed by atoms with van der Waals surface area (Å²) in [6, 6.07) is 1.21. The fourth-order valence-electron chi connectivity index (χ4n) is 3.80. The molecule has 1 saturated heterocycles. The number of benzene rings is 1. The molecular formula is C23H34N2O8S. The smallest absolute Gasteiger partial charge is 0.327 e. The molecular weight excluding hydrogens is 464 g/mol. The zero-order chi connectivity index (χ0) is 25.3. The number of rotatable bonds is 12. The largest absolute Gasteiger partial charge is 0.493 e. The van der Waals surface area contributed by atoms with Gasteiger partial charge in [-0.3, -0.25) is 14.9 Å². The highest BCUT2D eigenvalue weighted by Gasteiger charge is 2.35. The van der Waals surface area contributed by atoms with Gasteiger partial charge in [0, 0.05) is 18.1 Å². The van der Waals surface area contributed by atoms with E-state index in [1.165, 1.54) is 38.0 Å². The Balaban J connectivity index is 2.16. The summed E-state index contributed by atoms with van der Waals surface area (Å²) >= 11 is 1.51. The minimum absolute atomic E-state index is 0.202. The Hall–Kier alpha value is -2.66. The SMILES string of the molecule is CCOC(=O)C(CCc1cc(OC)c(OC)c(OC)c1)NC(C)C(=O)N1CCSCC1C(=O)O. The first-order valence-corrected chi connectivity index (χ1v) is 12.2. The molecule has 0 aliphatic carbocycles. The molecule has 1 aromatic carbocycles. The van der Waals surface area contributed by atoms with Gasteiger partial charge in [0.05, 0.1) is 34.0 Å². The van der Waals surface area contributed by atoms with Gasteiger partial charge in [0.25, 0.3) is 0 Å². The normalized spacial score (nSPS) is 17.4. The Morgan fingerprint density at radius 3 is 2.35 bits per heavy atom. The number of carboxylic acids is 1. The number of hydrogen-bond donors (Lipinski definition) is 2. The Labute approximate surface area is 204 Å². The third-order valence-corrected chi connectivity index (χ3v) is 6.56. The molecule has 3 unspecified atom stereocenters. The predicted molar refractivity (Wildman–Crippen MR) is 128 cm³/mol. The number of nitrogens with one attached hydrogen (secondary N) is 1. The van der Waals surface area contributed by atoms with E-state index < -0.39 is 30.1 Å². The molecule has 1 fully saturated rings. The quantitative estimate of drug-likeness (QED) is 0.411. The molecule has 0 aromatic heterocycles. The van der Waals surface area contributed by atoms with E-state index >= 15 is 0 Å². The summed E-state index contributed by atoms with van der Waals surface area (Å²) in [5.41, 5.74) is 0.851. The van der Waals surface area contributed by atoms with Crippen LogP contribution in [-0.2, 0) is 25.5 Å². The van der Waals surface area contributed by atoms with E-state index in [2.05, 4.69) is 5.32 Å². The second-order valence-electron chi connectivity index (χ2n) is 7.73. The molecule has 1 aliphatic heterocycles. The predicted octanol–water partition coefficient (Wildman–Crippen LogP) is 1.58. The fraction of sp³-hybridized carbons (Fsp3) is 0.609. The lowest BCUT2D eigenvalue weighted by atomic mass is 10.0. The van der Waals surface area contributed by atoms with E-state index in [0.29, 0.717) is 48.1 Å². The van der Waals surface area contributed by atoms with Gasteiger partial charge >= 0.3 is 11.9 Å². The van der Waals surface area contributed by atoms with Crippen LogP contribution in [0, 0.1) is 0 Å². The maximum atomic E-state index is 13.0. The molecule has 34 heavy (non-hydrogen) atoms. The highest BCUT2D eigenvalue weighted by Crippen LogP contribution is 2.38. The molecule has 1 heterocycles. The van der Waals surface area contributed by atoms with Gasteiger partial charge in [-0.25, -0.2) is 4.79 Å². The Bertz CT molecular complexity index is 840. The first kappa shape index (κ1) is 27.6. The summed E-state index contributed by atoms with van der Waals surface area (Å²) in [7, 11) is 4.58. The molecule has 2 N–H and O–H groups in total. The summed E-state index contributed by atoms with van der Waals surface area (Å²) in [5, 5.41) is 12.5. The average Bonchev–Trinajstić information content (AvgIpc) is 2.84. The van der Waals surface area contributed by atoms with Crippen molar-refractivity contribution in [3.8, 4) is 17.2 Å². The molecule has 1 aliphatic rings. The number of methoxy groups -OCH3 is 3. The summed E-state index contributed by atoms with van der Waals surface area (Å²) in [6.07, 6.45) is 0.805. The number of aryl methyl sites for hydroxylation is 1. The van der Waals surface area contributed by atoms with E-state index in [1.807, 2.05) is 0 Å². The number of hydrogen-bond acceptors (Lipinski definition) is 9. The number of aliphatic carboxylic acids is 1. The van der Waals surface area contributed by atoms with Crippen LogP contribution in [0.5, 0.6) is 17.2 Å². The summed E-state index contributed by atoms with van der Waals surface area (Å²) < 4.78 is 21.3. The van der Waals surface area contributed by atoms with E-state index in [-0.39, 0.29) is 12.5 Å². The van der Waals surface area contributed by atoms with Crippen LogP contribution in [0.1, 0.15) is 25.8 Å². The molecule has 10 nitrogen and oxygen atoms in total. The van der Waals surface area contributed by atoms with Crippen LogP contribution in [0.15, 0.2) is 12.1 Å². The summed E-state index contributed by atoms with van der Waals surface area (Å²) in [5.74, 6) is 0.639. The van der Waals surface area contributed by atoms with Gasteiger partial charge in [-0.05, 0) is 44.4 Å². The third-order valence-electron chi connectivity index (χ3n) is 5.54. The van der Waals surface area contributed by atoms with Crippen molar-refractivity contribution in [3.05, 3.63) is 17.7 Å². The third kappa shape index (κ3) is 6.92. The Kier molecular flexibility index (Phi) is 10.8. The number of nitrogens with zero attached hydrogens (tertiary/aromatic N) is 1. The lowest BCUT2D eigenvalue weighted by molar-refractivity contribution is -0.151. The van der Waals surface area contributed by atoms with Crippen LogP contribution in [0.3, 0.4) is 0 Å². The van der Waals surface area contributed by atoms with Gasteiger partial charge in [0.1, 0.15) is 12.1 Å². The summed E-state index contributed by atoms with van der Waals surface area (Å²) in [4.78, 5) is 38.6. The van der Waals surface area contributed by atoms with Crippen molar-refractivity contribution in [3.63, 3.8) is 0 Å². The lowest BCUT2D eigenvalue weighted by Gasteiger charge is -2.35. The average molecular weight is 499 g/mol. The zero-order valence-electron chi connectivity index (χ0n) is 20.3. The van der Waals surface area contributed by atoms with Gasteiger partial charge in [0.15, 0.2) is 11.5 Å². The molecule has 3 atom stereocenters. The lowest BCUT2D eigenvalue weighted by Crippen LogP contribution is -2.57. The zero-order valence-corrected chi connectivity index (χ0v) is 21.1. The topological polar surface area (TPSA) is 124 Å². The highest BCUT2D eigenvalue weighted by atomic mass is 32.2. The van der Waals surface area contributed by atoms with Crippen molar-refractivity contribution in [2.75, 3.05) is 46.0 Å². The molecule has 1 aromatic rings. The Morgan fingerprint density at radius 1 is 1.18 bits per heavy atom. The molecule has 0 saturated carbocycles. The van der Waals surface area contributed by atoms with Crippen molar-refractivity contribution >= 4 is 29.6 Å². The van der Waals surface area contributed by atoms with Gasteiger partial charge < -0.3 is 29.0 Å². The number of thioether (sulfide) groups is 1. The van der Waals surface area contributed by atoms with Crippen LogP contribution in [0.4, 0.5) is 0 Å². The number of carbonyl (C=O) groups excluding carboxylic acids is 2. The van der Waals surface area contributed by atoms with Crippen molar-refractivity contribution < 1.29 is 38.4 Å². The number of ether oxygens (including phenoxy) is 4. The molecule has 0 radical (unpaired) electrons.